The van der Waals surface area contributed by atoms with Crippen molar-refractivity contribution in [2.45, 2.75) is 25.8 Å². The van der Waals surface area contributed by atoms with Gasteiger partial charge in [0.1, 0.15) is 0 Å². The standard InChI is InChI=1S/C15H19N3O2S/c19-15(7-13-3-6-21-11-13)17-14-8-16-18(10-14)9-12-1-4-20-5-2-12/h3,6,8,10-12H,1-2,4-5,7,9H2,(H,17,19). The average Bonchev–Trinajstić information content (AvgIpc) is 3.12. The molecule has 0 atom stereocenters. The summed E-state index contributed by atoms with van der Waals surface area (Å²) in [5.41, 5.74) is 1.81. The number of aromatic nitrogens is 2. The van der Waals surface area contributed by atoms with Gasteiger partial charge in [0.2, 0.25) is 5.91 Å². The molecule has 3 rings (SSSR count). The summed E-state index contributed by atoms with van der Waals surface area (Å²) in [6.07, 6.45) is 6.19. The summed E-state index contributed by atoms with van der Waals surface area (Å²) >= 11 is 1.60. The quantitative estimate of drug-likeness (QED) is 0.923. The minimum absolute atomic E-state index is 0.000911. The Morgan fingerprint density at radius 2 is 2.33 bits per heavy atom. The Hall–Kier alpha value is -1.66. The molecule has 0 aromatic carbocycles. The van der Waals surface area contributed by atoms with E-state index in [0.717, 1.165) is 43.9 Å². The zero-order valence-electron chi connectivity index (χ0n) is 11.8. The predicted molar refractivity (Wildman–Crippen MR) is 82.4 cm³/mol. The number of carbonyl (C=O) groups is 1. The van der Waals surface area contributed by atoms with E-state index in [1.54, 1.807) is 17.5 Å². The first-order valence-electron chi connectivity index (χ1n) is 7.21. The van der Waals surface area contributed by atoms with Gasteiger partial charge in [-0.1, -0.05) is 0 Å². The summed E-state index contributed by atoms with van der Waals surface area (Å²) in [6, 6.07) is 1.97. The highest BCUT2D eigenvalue weighted by Crippen LogP contribution is 2.17. The van der Waals surface area contributed by atoms with Gasteiger partial charge in [-0.15, -0.1) is 0 Å². The predicted octanol–water partition coefficient (Wildman–Crippen LogP) is 2.55. The van der Waals surface area contributed by atoms with Crippen molar-refractivity contribution in [3.8, 4) is 0 Å². The van der Waals surface area contributed by atoms with Crippen molar-refractivity contribution in [2.75, 3.05) is 18.5 Å². The van der Waals surface area contributed by atoms with Crippen LogP contribution in [0.15, 0.2) is 29.2 Å². The number of nitrogens with one attached hydrogen (secondary N) is 1. The molecule has 1 saturated heterocycles. The van der Waals surface area contributed by atoms with Crippen molar-refractivity contribution < 1.29 is 9.53 Å². The number of nitrogens with zero attached hydrogens (tertiary/aromatic N) is 2. The van der Waals surface area contributed by atoms with E-state index >= 15 is 0 Å². The first-order valence-corrected chi connectivity index (χ1v) is 8.15. The average molecular weight is 305 g/mol. The Labute approximate surface area is 127 Å². The second-order valence-corrected chi connectivity index (χ2v) is 6.14. The summed E-state index contributed by atoms with van der Waals surface area (Å²) in [4.78, 5) is 11.9. The first kappa shape index (κ1) is 14.3. The van der Waals surface area contributed by atoms with Crippen LogP contribution in [-0.2, 0) is 22.5 Å². The van der Waals surface area contributed by atoms with Gasteiger partial charge in [-0.05, 0) is 41.1 Å². The van der Waals surface area contributed by atoms with Gasteiger partial charge in [0.15, 0.2) is 0 Å². The number of ether oxygens (including phenoxy) is 1. The van der Waals surface area contributed by atoms with Gasteiger partial charge in [0.25, 0.3) is 0 Å². The molecule has 0 aliphatic carbocycles. The molecule has 1 fully saturated rings. The Morgan fingerprint density at radius 3 is 3.10 bits per heavy atom. The topological polar surface area (TPSA) is 56.2 Å². The van der Waals surface area contributed by atoms with E-state index in [1.807, 2.05) is 27.7 Å². The normalized spacial score (nSPS) is 16.0. The molecular weight excluding hydrogens is 286 g/mol. The van der Waals surface area contributed by atoms with Crippen LogP contribution in [0.4, 0.5) is 5.69 Å². The molecule has 0 unspecified atom stereocenters. The number of hydrogen-bond donors (Lipinski definition) is 1. The van der Waals surface area contributed by atoms with Crippen molar-refractivity contribution in [3.05, 3.63) is 34.8 Å². The van der Waals surface area contributed by atoms with Crippen LogP contribution in [0.5, 0.6) is 0 Å². The Bertz CT molecular complexity index is 574. The number of hydrogen-bond acceptors (Lipinski definition) is 4. The van der Waals surface area contributed by atoms with Crippen LogP contribution in [0.1, 0.15) is 18.4 Å². The molecule has 2 aromatic heterocycles. The van der Waals surface area contributed by atoms with Crippen molar-refractivity contribution in [1.29, 1.82) is 0 Å². The Balaban J connectivity index is 1.51. The largest absolute Gasteiger partial charge is 0.381 e. The van der Waals surface area contributed by atoms with Crippen LogP contribution in [0.25, 0.3) is 0 Å². The number of thiophene rings is 1. The highest BCUT2D eigenvalue weighted by Gasteiger charge is 2.15. The molecule has 21 heavy (non-hydrogen) atoms. The maximum absolute atomic E-state index is 11.9. The maximum Gasteiger partial charge on any atom is 0.228 e. The van der Waals surface area contributed by atoms with Gasteiger partial charge in [-0.2, -0.15) is 16.4 Å². The zero-order chi connectivity index (χ0) is 14.5. The molecule has 0 bridgehead atoms. The molecular formula is C15H19N3O2S. The van der Waals surface area contributed by atoms with E-state index in [1.165, 1.54) is 0 Å². The molecule has 0 saturated carbocycles. The van der Waals surface area contributed by atoms with E-state index in [4.69, 9.17) is 4.74 Å². The minimum Gasteiger partial charge on any atom is -0.381 e. The van der Waals surface area contributed by atoms with E-state index in [2.05, 4.69) is 10.4 Å². The molecule has 1 amide bonds. The van der Waals surface area contributed by atoms with Crippen LogP contribution in [0, 0.1) is 5.92 Å². The lowest BCUT2D eigenvalue weighted by Crippen LogP contribution is -2.20. The zero-order valence-corrected chi connectivity index (χ0v) is 12.6. The number of amides is 1. The molecule has 5 nitrogen and oxygen atoms in total. The summed E-state index contributed by atoms with van der Waals surface area (Å²) in [6.45, 7) is 2.58. The van der Waals surface area contributed by atoms with E-state index < -0.39 is 0 Å². The Morgan fingerprint density at radius 1 is 1.48 bits per heavy atom. The lowest BCUT2D eigenvalue weighted by atomic mass is 10.0. The third kappa shape index (κ3) is 4.15. The van der Waals surface area contributed by atoms with Crippen LogP contribution in [0.3, 0.4) is 0 Å². The number of carbonyl (C=O) groups excluding carboxylic acids is 1. The fraction of sp³-hybridized carbons (Fsp3) is 0.467. The third-order valence-electron chi connectivity index (χ3n) is 3.65. The van der Waals surface area contributed by atoms with Crippen LogP contribution >= 0.6 is 11.3 Å². The van der Waals surface area contributed by atoms with Gasteiger partial charge < -0.3 is 10.1 Å². The second-order valence-electron chi connectivity index (χ2n) is 5.36. The molecule has 6 heteroatoms. The molecule has 1 aliphatic heterocycles. The molecule has 1 aliphatic rings. The fourth-order valence-electron chi connectivity index (χ4n) is 2.51. The molecule has 3 heterocycles. The van der Waals surface area contributed by atoms with E-state index in [0.29, 0.717) is 12.3 Å². The van der Waals surface area contributed by atoms with Crippen LogP contribution in [0.2, 0.25) is 0 Å². The van der Waals surface area contributed by atoms with E-state index in [-0.39, 0.29) is 5.91 Å². The highest BCUT2D eigenvalue weighted by atomic mass is 32.1. The summed E-state index contributed by atoms with van der Waals surface area (Å²) in [7, 11) is 0. The summed E-state index contributed by atoms with van der Waals surface area (Å²) in [5.74, 6) is 0.618. The molecule has 0 radical (unpaired) electrons. The SMILES string of the molecule is O=C(Cc1ccsc1)Nc1cnn(CC2CCOCC2)c1. The Kier molecular flexibility index (Phi) is 4.67. The van der Waals surface area contributed by atoms with Gasteiger partial charge in [0, 0.05) is 26.0 Å². The lowest BCUT2D eigenvalue weighted by Gasteiger charge is -2.21. The smallest absolute Gasteiger partial charge is 0.228 e. The van der Waals surface area contributed by atoms with Crippen molar-refractivity contribution in [3.63, 3.8) is 0 Å². The van der Waals surface area contributed by atoms with Gasteiger partial charge in [-0.3, -0.25) is 9.48 Å². The van der Waals surface area contributed by atoms with Gasteiger partial charge in [0.05, 0.1) is 18.3 Å². The summed E-state index contributed by atoms with van der Waals surface area (Å²) < 4.78 is 7.27. The minimum atomic E-state index is -0.000911. The summed E-state index contributed by atoms with van der Waals surface area (Å²) in [5, 5.41) is 11.2. The lowest BCUT2D eigenvalue weighted by molar-refractivity contribution is -0.115. The van der Waals surface area contributed by atoms with E-state index in [9.17, 15) is 4.79 Å². The van der Waals surface area contributed by atoms with Gasteiger partial charge in [-0.25, -0.2) is 0 Å². The van der Waals surface area contributed by atoms with Crippen molar-refractivity contribution in [1.82, 2.24) is 9.78 Å². The van der Waals surface area contributed by atoms with Crippen molar-refractivity contribution >= 4 is 22.9 Å². The third-order valence-corrected chi connectivity index (χ3v) is 4.38. The number of rotatable bonds is 5. The monoisotopic (exact) mass is 305 g/mol. The second kappa shape index (κ2) is 6.87. The van der Waals surface area contributed by atoms with Gasteiger partial charge >= 0.3 is 0 Å². The molecule has 112 valence electrons. The maximum atomic E-state index is 11.9. The fourth-order valence-corrected chi connectivity index (χ4v) is 3.17. The van der Waals surface area contributed by atoms with Crippen LogP contribution in [-0.4, -0.2) is 28.9 Å². The van der Waals surface area contributed by atoms with Crippen LogP contribution < -0.4 is 5.32 Å². The molecule has 2 aromatic rings. The highest BCUT2D eigenvalue weighted by molar-refractivity contribution is 7.08. The molecule has 0 spiro atoms. The molecule has 1 N–H and O–H groups in total. The van der Waals surface area contributed by atoms with Crippen molar-refractivity contribution in [2.24, 2.45) is 5.92 Å². The first-order chi connectivity index (χ1) is 10.3. The number of anilines is 1.